The van der Waals surface area contributed by atoms with Crippen LogP contribution < -0.4 is 10.2 Å². The lowest BCUT2D eigenvalue weighted by atomic mass is 10.2. The van der Waals surface area contributed by atoms with E-state index in [1.165, 1.54) is 16.7 Å². The van der Waals surface area contributed by atoms with E-state index in [-0.39, 0.29) is 24.4 Å². The van der Waals surface area contributed by atoms with Crippen molar-refractivity contribution in [3.8, 4) is 0 Å². The third kappa shape index (κ3) is 3.22. The molecule has 5 nitrogen and oxygen atoms in total. The average molecular weight is 327 g/mol. The minimum absolute atomic E-state index is 0.0232. The molecule has 2 amide bonds. The Morgan fingerprint density at radius 3 is 2.83 bits per heavy atom. The molecule has 0 spiro atoms. The fourth-order valence-corrected chi connectivity index (χ4v) is 3.44. The van der Waals surface area contributed by atoms with Crippen molar-refractivity contribution in [1.82, 2.24) is 10.3 Å². The molecule has 0 aliphatic carbocycles. The first kappa shape index (κ1) is 15.6. The number of fused-ring (bicyclic) bond motifs is 2. The highest BCUT2D eigenvalue weighted by Gasteiger charge is 2.29. The number of hydrogen-bond acceptors (Lipinski definition) is 4. The van der Waals surface area contributed by atoms with Gasteiger partial charge in [-0.15, -0.1) is 0 Å². The number of rotatable bonds is 3. The van der Waals surface area contributed by atoms with Gasteiger partial charge in [0.15, 0.2) is 0 Å². The molecule has 3 rings (SSSR count). The van der Waals surface area contributed by atoms with Gasteiger partial charge in [-0.3, -0.25) is 14.5 Å². The van der Waals surface area contributed by atoms with Crippen molar-refractivity contribution in [2.24, 2.45) is 0 Å². The summed E-state index contributed by atoms with van der Waals surface area (Å²) >= 11 is 1.45. The summed E-state index contributed by atoms with van der Waals surface area (Å²) in [6.07, 6.45) is 1.69. The van der Waals surface area contributed by atoms with Gasteiger partial charge in [0.2, 0.25) is 5.91 Å². The van der Waals surface area contributed by atoms with Crippen LogP contribution in [0.5, 0.6) is 0 Å². The predicted molar refractivity (Wildman–Crippen MR) is 89.8 cm³/mol. The molecule has 1 aromatic heterocycles. The lowest BCUT2D eigenvalue weighted by Crippen LogP contribution is -2.43. The van der Waals surface area contributed by atoms with E-state index in [9.17, 15) is 9.59 Å². The Balaban J connectivity index is 2.03. The Morgan fingerprint density at radius 1 is 1.26 bits per heavy atom. The molecule has 2 heterocycles. The molecule has 1 N–H and O–H groups in total. The van der Waals surface area contributed by atoms with Gasteiger partial charge < -0.3 is 5.32 Å². The number of aromatic nitrogens is 1. The zero-order valence-corrected chi connectivity index (χ0v) is 13.8. The Labute approximate surface area is 139 Å². The first-order chi connectivity index (χ1) is 11.1. The van der Waals surface area contributed by atoms with Gasteiger partial charge >= 0.3 is 0 Å². The first-order valence-corrected chi connectivity index (χ1v) is 8.21. The second kappa shape index (κ2) is 6.42. The fraction of sp³-hybridized carbons (Fsp3) is 0.235. The van der Waals surface area contributed by atoms with Gasteiger partial charge in [-0.1, -0.05) is 23.9 Å². The first-order valence-electron chi connectivity index (χ1n) is 7.39. The maximum absolute atomic E-state index is 12.9. The lowest BCUT2D eigenvalue weighted by Gasteiger charge is -2.22. The van der Waals surface area contributed by atoms with E-state index in [0.29, 0.717) is 11.3 Å². The normalized spacial score (nSPS) is 13.3. The van der Waals surface area contributed by atoms with Crippen LogP contribution in [0.25, 0.3) is 0 Å². The predicted octanol–water partition coefficient (Wildman–Crippen LogP) is 2.72. The summed E-state index contributed by atoms with van der Waals surface area (Å²) in [7, 11) is 0. The van der Waals surface area contributed by atoms with Crippen LogP contribution in [0.15, 0.2) is 52.5 Å². The maximum Gasteiger partial charge on any atom is 0.259 e. The van der Waals surface area contributed by atoms with Crippen molar-refractivity contribution in [3.05, 3.63) is 48.2 Å². The van der Waals surface area contributed by atoms with Gasteiger partial charge in [0.05, 0.1) is 11.3 Å². The topological polar surface area (TPSA) is 62.3 Å². The zero-order valence-electron chi connectivity index (χ0n) is 12.9. The molecule has 0 saturated carbocycles. The average Bonchev–Trinajstić information content (AvgIpc) is 2.63. The zero-order chi connectivity index (χ0) is 16.4. The number of amides is 2. The van der Waals surface area contributed by atoms with E-state index in [2.05, 4.69) is 10.3 Å². The van der Waals surface area contributed by atoms with Crippen LogP contribution in [-0.4, -0.2) is 29.4 Å². The Bertz CT molecular complexity index is 761. The van der Waals surface area contributed by atoms with E-state index in [0.717, 1.165) is 9.92 Å². The SMILES string of the molecule is CC(C)NC(=O)CN1C(=O)c2ccccc2Sc2ncccc21. The van der Waals surface area contributed by atoms with Crippen LogP contribution >= 0.6 is 11.8 Å². The lowest BCUT2D eigenvalue weighted by molar-refractivity contribution is -0.120. The molecule has 2 aromatic rings. The van der Waals surface area contributed by atoms with Crippen LogP contribution in [-0.2, 0) is 4.79 Å². The summed E-state index contributed by atoms with van der Waals surface area (Å²) in [6, 6.07) is 11.0. The summed E-state index contributed by atoms with van der Waals surface area (Å²) in [4.78, 5) is 31.8. The van der Waals surface area contributed by atoms with Crippen molar-refractivity contribution in [1.29, 1.82) is 0 Å². The summed E-state index contributed by atoms with van der Waals surface area (Å²) < 4.78 is 0. The number of nitrogens with zero attached hydrogens (tertiary/aromatic N) is 2. The van der Waals surface area contributed by atoms with E-state index < -0.39 is 0 Å². The summed E-state index contributed by atoms with van der Waals surface area (Å²) in [6.45, 7) is 3.76. The van der Waals surface area contributed by atoms with E-state index in [1.807, 2.05) is 38.1 Å². The van der Waals surface area contributed by atoms with Crippen LogP contribution in [0, 0.1) is 0 Å². The summed E-state index contributed by atoms with van der Waals surface area (Å²) in [5.74, 6) is -0.369. The molecule has 118 valence electrons. The molecule has 0 fully saturated rings. The van der Waals surface area contributed by atoms with Gasteiger partial charge in [0, 0.05) is 17.1 Å². The van der Waals surface area contributed by atoms with Crippen molar-refractivity contribution in [2.75, 3.05) is 11.4 Å². The molecule has 1 aliphatic heterocycles. The van der Waals surface area contributed by atoms with Crippen molar-refractivity contribution in [2.45, 2.75) is 29.8 Å². The Hall–Kier alpha value is -2.34. The quantitative estimate of drug-likeness (QED) is 0.941. The second-order valence-electron chi connectivity index (χ2n) is 5.54. The van der Waals surface area contributed by atoms with Crippen molar-refractivity contribution < 1.29 is 9.59 Å². The van der Waals surface area contributed by atoms with Crippen LogP contribution in [0.1, 0.15) is 24.2 Å². The monoisotopic (exact) mass is 327 g/mol. The minimum atomic E-state index is -0.187. The van der Waals surface area contributed by atoms with E-state index in [4.69, 9.17) is 0 Å². The molecule has 23 heavy (non-hydrogen) atoms. The number of benzene rings is 1. The number of anilines is 1. The van der Waals surface area contributed by atoms with Crippen LogP contribution in [0.3, 0.4) is 0 Å². The van der Waals surface area contributed by atoms with E-state index >= 15 is 0 Å². The molecule has 0 bridgehead atoms. The largest absolute Gasteiger partial charge is 0.352 e. The Kier molecular flexibility index (Phi) is 4.34. The van der Waals surface area contributed by atoms with E-state index in [1.54, 1.807) is 18.3 Å². The second-order valence-corrected chi connectivity index (χ2v) is 6.57. The maximum atomic E-state index is 12.9. The van der Waals surface area contributed by atoms with Gasteiger partial charge in [-0.2, -0.15) is 0 Å². The molecule has 0 unspecified atom stereocenters. The van der Waals surface area contributed by atoms with Crippen molar-refractivity contribution in [3.63, 3.8) is 0 Å². The van der Waals surface area contributed by atoms with Crippen LogP contribution in [0.4, 0.5) is 5.69 Å². The number of nitrogens with one attached hydrogen (secondary N) is 1. The number of hydrogen-bond donors (Lipinski definition) is 1. The molecule has 0 radical (unpaired) electrons. The van der Waals surface area contributed by atoms with Gasteiger partial charge in [-0.05, 0) is 38.1 Å². The number of pyridine rings is 1. The molecule has 6 heteroatoms. The smallest absolute Gasteiger partial charge is 0.259 e. The molecular formula is C17H17N3O2S. The van der Waals surface area contributed by atoms with Crippen LogP contribution in [0.2, 0.25) is 0 Å². The molecule has 0 saturated heterocycles. The number of carbonyl (C=O) groups is 2. The third-order valence-electron chi connectivity index (χ3n) is 3.36. The highest BCUT2D eigenvalue weighted by Crippen LogP contribution is 2.39. The molecule has 1 aliphatic rings. The Morgan fingerprint density at radius 2 is 2.04 bits per heavy atom. The summed E-state index contributed by atoms with van der Waals surface area (Å²) in [5, 5.41) is 3.55. The van der Waals surface area contributed by atoms with Gasteiger partial charge in [-0.25, -0.2) is 4.98 Å². The highest BCUT2D eigenvalue weighted by atomic mass is 32.2. The minimum Gasteiger partial charge on any atom is -0.352 e. The van der Waals surface area contributed by atoms with Gasteiger partial charge in [0.1, 0.15) is 11.6 Å². The molecule has 1 aromatic carbocycles. The molecule has 0 atom stereocenters. The number of carbonyl (C=O) groups excluding carboxylic acids is 2. The van der Waals surface area contributed by atoms with Crippen molar-refractivity contribution >= 4 is 29.3 Å². The third-order valence-corrected chi connectivity index (χ3v) is 4.45. The highest BCUT2D eigenvalue weighted by molar-refractivity contribution is 7.99. The fourth-order valence-electron chi connectivity index (χ4n) is 2.43. The van der Waals surface area contributed by atoms with Gasteiger partial charge in [0.25, 0.3) is 5.91 Å². The summed E-state index contributed by atoms with van der Waals surface area (Å²) in [5.41, 5.74) is 1.26. The standard InChI is InChI=1S/C17H17N3O2S/c1-11(2)19-15(21)10-20-13-7-5-9-18-16(13)23-14-8-4-3-6-12(14)17(20)22/h3-9,11H,10H2,1-2H3,(H,19,21). The molecular weight excluding hydrogens is 310 g/mol.